The quantitative estimate of drug-likeness (QED) is 0.815. The molecule has 0 unspecified atom stereocenters. The number of hydrogen-bond acceptors (Lipinski definition) is 4. The van der Waals surface area contributed by atoms with Crippen molar-refractivity contribution < 1.29 is 0 Å². The van der Waals surface area contributed by atoms with Crippen LogP contribution in [0.15, 0.2) is 17.0 Å². The van der Waals surface area contributed by atoms with E-state index in [4.69, 9.17) is 0 Å². The van der Waals surface area contributed by atoms with Crippen molar-refractivity contribution in [3.05, 3.63) is 17.0 Å². The van der Waals surface area contributed by atoms with Gasteiger partial charge in [-0.05, 0) is 43.0 Å². The molecule has 0 radical (unpaired) electrons. The number of aromatic nitrogens is 2. The first-order chi connectivity index (χ1) is 6.70. The minimum absolute atomic E-state index is 0.860. The molecular formula is C9H15BrN4. The fourth-order valence-electron chi connectivity index (χ4n) is 1.04. The van der Waals surface area contributed by atoms with E-state index >= 15 is 0 Å². The van der Waals surface area contributed by atoms with Crippen molar-refractivity contribution in [2.24, 2.45) is 0 Å². The Bertz CT molecular complexity index is 277. The second-order valence-corrected chi connectivity index (χ2v) is 4.16. The molecule has 0 spiro atoms. The summed E-state index contributed by atoms with van der Waals surface area (Å²) in [7, 11) is 4.14. The molecule has 4 nitrogen and oxygen atoms in total. The maximum absolute atomic E-state index is 4.11. The van der Waals surface area contributed by atoms with Crippen LogP contribution in [0.4, 0.5) is 5.82 Å². The number of halogens is 1. The van der Waals surface area contributed by atoms with Gasteiger partial charge in [0.25, 0.3) is 0 Å². The zero-order valence-corrected chi connectivity index (χ0v) is 10.1. The monoisotopic (exact) mass is 258 g/mol. The average molecular weight is 259 g/mol. The van der Waals surface area contributed by atoms with Gasteiger partial charge in [0.2, 0.25) is 0 Å². The molecule has 1 heterocycles. The van der Waals surface area contributed by atoms with Crippen molar-refractivity contribution in [2.45, 2.75) is 6.42 Å². The zero-order chi connectivity index (χ0) is 10.4. The molecular weight excluding hydrogens is 244 g/mol. The molecule has 1 rings (SSSR count). The highest BCUT2D eigenvalue weighted by Gasteiger charge is 1.98. The molecule has 1 aromatic heterocycles. The van der Waals surface area contributed by atoms with Crippen LogP contribution in [0.2, 0.25) is 0 Å². The third kappa shape index (κ3) is 4.02. The Kier molecular flexibility index (Phi) is 4.82. The molecule has 14 heavy (non-hydrogen) atoms. The summed E-state index contributed by atoms with van der Waals surface area (Å²) in [5.74, 6) is 0.860. The number of anilines is 1. The molecule has 0 aliphatic heterocycles. The van der Waals surface area contributed by atoms with E-state index in [9.17, 15) is 0 Å². The first-order valence-corrected chi connectivity index (χ1v) is 5.33. The molecule has 78 valence electrons. The number of hydrogen-bond donors (Lipinski definition) is 1. The first kappa shape index (κ1) is 11.4. The summed E-state index contributed by atoms with van der Waals surface area (Å²) in [6.07, 6.45) is 4.38. The van der Waals surface area contributed by atoms with Gasteiger partial charge in [-0.1, -0.05) is 0 Å². The van der Waals surface area contributed by atoms with Crippen LogP contribution in [0.1, 0.15) is 6.42 Å². The third-order valence-electron chi connectivity index (χ3n) is 1.74. The molecule has 0 aromatic carbocycles. The summed E-state index contributed by atoms with van der Waals surface area (Å²) in [6.45, 7) is 2.00. The van der Waals surface area contributed by atoms with Crippen LogP contribution in [-0.4, -0.2) is 42.1 Å². The van der Waals surface area contributed by atoms with Crippen molar-refractivity contribution in [2.75, 3.05) is 32.5 Å². The summed E-state index contributed by atoms with van der Waals surface area (Å²) in [6, 6.07) is 0. The molecule has 1 aromatic rings. The molecule has 0 atom stereocenters. The maximum Gasteiger partial charge on any atom is 0.143 e. The van der Waals surface area contributed by atoms with Crippen molar-refractivity contribution >= 4 is 21.7 Å². The Balaban J connectivity index is 2.28. The van der Waals surface area contributed by atoms with Gasteiger partial charge >= 0.3 is 0 Å². The summed E-state index contributed by atoms with van der Waals surface area (Å²) >= 11 is 3.38. The van der Waals surface area contributed by atoms with Gasteiger partial charge in [0.1, 0.15) is 12.1 Å². The lowest BCUT2D eigenvalue weighted by molar-refractivity contribution is 0.405. The normalized spacial score (nSPS) is 10.6. The van der Waals surface area contributed by atoms with Crippen molar-refractivity contribution in [3.63, 3.8) is 0 Å². The van der Waals surface area contributed by atoms with Gasteiger partial charge in [-0.15, -0.1) is 0 Å². The Labute approximate surface area is 92.9 Å². The lowest BCUT2D eigenvalue weighted by Gasteiger charge is -2.10. The lowest BCUT2D eigenvalue weighted by Crippen LogP contribution is -2.16. The van der Waals surface area contributed by atoms with E-state index in [-0.39, 0.29) is 0 Å². The number of nitrogens with zero attached hydrogens (tertiary/aromatic N) is 3. The summed E-state index contributed by atoms with van der Waals surface area (Å²) in [4.78, 5) is 10.2. The standard InChI is InChI=1S/C9H15BrN4/c1-14(2)5-3-4-12-9-8(10)6-11-7-13-9/h6-7H,3-5H2,1-2H3,(H,11,12,13). The first-order valence-electron chi connectivity index (χ1n) is 4.54. The van der Waals surface area contributed by atoms with Gasteiger partial charge in [-0.2, -0.15) is 0 Å². The Morgan fingerprint density at radius 1 is 1.50 bits per heavy atom. The molecule has 0 saturated carbocycles. The maximum atomic E-state index is 4.11. The van der Waals surface area contributed by atoms with Gasteiger partial charge in [0, 0.05) is 12.7 Å². The second kappa shape index (κ2) is 5.93. The highest BCUT2D eigenvalue weighted by atomic mass is 79.9. The van der Waals surface area contributed by atoms with Crippen LogP contribution in [0.25, 0.3) is 0 Å². The molecule has 0 bridgehead atoms. The predicted molar refractivity (Wildman–Crippen MR) is 61.4 cm³/mol. The van der Waals surface area contributed by atoms with Crippen LogP contribution in [0, 0.1) is 0 Å². The van der Waals surface area contributed by atoms with Crippen LogP contribution < -0.4 is 5.32 Å². The second-order valence-electron chi connectivity index (χ2n) is 3.30. The van der Waals surface area contributed by atoms with Crippen LogP contribution in [0.3, 0.4) is 0 Å². The van der Waals surface area contributed by atoms with E-state index in [2.05, 4.69) is 50.2 Å². The fraction of sp³-hybridized carbons (Fsp3) is 0.556. The van der Waals surface area contributed by atoms with Gasteiger partial charge in [0.15, 0.2) is 0 Å². The van der Waals surface area contributed by atoms with Gasteiger partial charge in [0.05, 0.1) is 4.47 Å². The van der Waals surface area contributed by atoms with E-state index in [0.29, 0.717) is 0 Å². The van der Waals surface area contributed by atoms with Crippen LogP contribution >= 0.6 is 15.9 Å². The Morgan fingerprint density at radius 3 is 2.93 bits per heavy atom. The highest BCUT2D eigenvalue weighted by molar-refractivity contribution is 9.10. The van der Waals surface area contributed by atoms with Crippen LogP contribution in [0.5, 0.6) is 0 Å². The van der Waals surface area contributed by atoms with E-state index in [1.807, 2.05) is 0 Å². The van der Waals surface area contributed by atoms with Crippen molar-refractivity contribution in [1.82, 2.24) is 14.9 Å². The third-order valence-corrected chi connectivity index (χ3v) is 2.32. The lowest BCUT2D eigenvalue weighted by atomic mass is 10.4. The number of rotatable bonds is 5. The van der Waals surface area contributed by atoms with Gasteiger partial charge < -0.3 is 10.2 Å². The van der Waals surface area contributed by atoms with E-state index < -0.39 is 0 Å². The largest absolute Gasteiger partial charge is 0.369 e. The Morgan fingerprint density at radius 2 is 2.29 bits per heavy atom. The minimum Gasteiger partial charge on any atom is -0.369 e. The molecule has 0 amide bonds. The molecule has 1 N–H and O–H groups in total. The topological polar surface area (TPSA) is 41.0 Å². The van der Waals surface area contributed by atoms with E-state index in [0.717, 1.165) is 29.8 Å². The van der Waals surface area contributed by atoms with Gasteiger partial charge in [-0.25, -0.2) is 9.97 Å². The summed E-state index contributed by atoms with van der Waals surface area (Å²) < 4.78 is 0.907. The zero-order valence-electron chi connectivity index (χ0n) is 8.50. The Hall–Kier alpha value is -0.680. The molecule has 0 aliphatic rings. The summed E-state index contributed by atoms with van der Waals surface area (Å²) in [5, 5.41) is 3.24. The molecule has 0 saturated heterocycles. The predicted octanol–water partition coefficient (Wildman–Crippen LogP) is 1.60. The SMILES string of the molecule is CN(C)CCCNc1ncncc1Br. The van der Waals surface area contributed by atoms with Crippen molar-refractivity contribution in [1.29, 1.82) is 0 Å². The van der Waals surface area contributed by atoms with E-state index in [1.165, 1.54) is 0 Å². The van der Waals surface area contributed by atoms with Crippen molar-refractivity contribution in [3.8, 4) is 0 Å². The van der Waals surface area contributed by atoms with E-state index in [1.54, 1.807) is 12.5 Å². The number of nitrogens with one attached hydrogen (secondary N) is 1. The van der Waals surface area contributed by atoms with Gasteiger partial charge in [-0.3, -0.25) is 0 Å². The smallest absolute Gasteiger partial charge is 0.143 e. The molecule has 0 aliphatic carbocycles. The van der Waals surface area contributed by atoms with Crippen LogP contribution in [-0.2, 0) is 0 Å². The highest BCUT2D eigenvalue weighted by Crippen LogP contribution is 2.16. The molecule has 0 fully saturated rings. The molecule has 5 heteroatoms. The average Bonchev–Trinajstić information content (AvgIpc) is 2.15. The fourth-order valence-corrected chi connectivity index (χ4v) is 1.41. The minimum atomic E-state index is 0.860. The summed E-state index contributed by atoms with van der Waals surface area (Å²) in [5.41, 5.74) is 0.